The van der Waals surface area contributed by atoms with E-state index in [0.29, 0.717) is 6.92 Å². The van der Waals surface area contributed by atoms with Crippen molar-refractivity contribution in [1.29, 1.82) is 0 Å². The summed E-state index contributed by atoms with van der Waals surface area (Å²) in [6.45, 7) is 3.82. The number of hydrogen-bond donors (Lipinski definition) is 1. The van der Waals surface area contributed by atoms with Crippen LogP contribution in [0.3, 0.4) is 0 Å². The minimum Gasteiger partial charge on any atom is -0.380 e. The van der Waals surface area contributed by atoms with Crippen LogP contribution in [0.15, 0.2) is 12.7 Å². The Kier molecular flexibility index (Phi) is 2.48. The maximum Gasteiger partial charge on any atom is 0.417 e. The average Bonchev–Trinajstić information content (AvgIpc) is 1.61. The summed E-state index contributed by atoms with van der Waals surface area (Å²) >= 11 is 0. The summed E-state index contributed by atoms with van der Waals surface area (Å²) in [7, 11) is 0. The number of aliphatic hydroxyl groups is 1. The van der Waals surface area contributed by atoms with E-state index in [1.807, 2.05) is 0 Å². The first kappa shape index (κ1) is 9.49. The number of hydrogen-bond acceptors (Lipinski definition) is 1. The van der Waals surface area contributed by atoms with Gasteiger partial charge in [0.15, 0.2) is 5.60 Å². The Morgan fingerprint density at radius 1 is 1.50 bits per heavy atom. The highest BCUT2D eigenvalue weighted by Crippen LogP contribution is 2.32. The first-order chi connectivity index (χ1) is 4.31. The lowest BCUT2D eigenvalue weighted by Gasteiger charge is -2.24. The van der Waals surface area contributed by atoms with Crippen molar-refractivity contribution in [2.45, 2.75) is 25.1 Å². The highest BCUT2D eigenvalue weighted by Gasteiger charge is 2.48. The maximum absolute atomic E-state index is 11.7. The maximum atomic E-state index is 11.7. The van der Waals surface area contributed by atoms with Crippen molar-refractivity contribution in [3.05, 3.63) is 12.7 Å². The minimum absolute atomic E-state index is 0.476. The molecule has 0 aromatic rings. The van der Waals surface area contributed by atoms with Gasteiger partial charge >= 0.3 is 6.18 Å². The molecule has 0 heterocycles. The van der Waals surface area contributed by atoms with Crippen molar-refractivity contribution in [2.75, 3.05) is 0 Å². The van der Waals surface area contributed by atoms with Crippen LogP contribution in [-0.2, 0) is 0 Å². The van der Waals surface area contributed by atoms with Crippen LogP contribution in [0.1, 0.15) is 13.3 Å². The van der Waals surface area contributed by atoms with Gasteiger partial charge in [-0.1, -0.05) is 6.08 Å². The van der Waals surface area contributed by atoms with Gasteiger partial charge in [0.1, 0.15) is 0 Å². The standard InChI is InChI=1S/C6H9F3O/c1-3-4-5(2,10)6(7,8)9/h3,10H,1,4H2,2H3. The molecule has 4 heteroatoms. The third-order valence-electron chi connectivity index (χ3n) is 1.15. The molecule has 0 aliphatic carbocycles. The zero-order chi connectivity index (χ0) is 8.41. The third-order valence-corrected chi connectivity index (χ3v) is 1.15. The molecular weight excluding hydrogens is 145 g/mol. The molecule has 0 aromatic carbocycles. The van der Waals surface area contributed by atoms with E-state index in [9.17, 15) is 13.2 Å². The molecule has 0 aliphatic rings. The molecule has 0 rings (SSSR count). The van der Waals surface area contributed by atoms with E-state index in [4.69, 9.17) is 5.11 Å². The molecule has 0 saturated carbocycles. The first-order valence-electron chi connectivity index (χ1n) is 2.71. The molecule has 0 radical (unpaired) electrons. The van der Waals surface area contributed by atoms with Gasteiger partial charge in [0.25, 0.3) is 0 Å². The second-order valence-corrected chi connectivity index (χ2v) is 2.26. The van der Waals surface area contributed by atoms with E-state index >= 15 is 0 Å². The summed E-state index contributed by atoms with van der Waals surface area (Å²) in [5.74, 6) is 0. The molecule has 0 aromatic heterocycles. The zero-order valence-corrected chi connectivity index (χ0v) is 5.57. The Labute approximate surface area is 57.2 Å². The molecule has 0 fully saturated rings. The lowest BCUT2D eigenvalue weighted by molar-refractivity contribution is -0.251. The quantitative estimate of drug-likeness (QED) is 0.602. The second kappa shape index (κ2) is 2.62. The monoisotopic (exact) mass is 154 g/mol. The Balaban J connectivity index is 4.23. The molecule has 1 atom stereocenters. The fourth-order valence-electron chi connectivity index (χ4n) is 0.397. The molecule has 0 amide bonds. The fraction of sp³-hybridized carbons (Fsp3) is 0.667. The molecule has 0 spiro atoms. The van der Waals surface area contributed by atoms with Gasteiger partial charge in [-0.2, -0.15) is 13.2 Å². The summed E-state index contributed by atoms with van der Waals surface area (Å²) < 4.78 is 35.2. The second-order valence-electron chi connectivity index (χ2n) is 2.26. The Hall–Kier alpha value is -0.510. The molecule has 60 valence electrons. The van der Waals surface area contributed by atoms with Crippen LogP contribution < -0.4 is 0 Å². The van der Waals surface area contributed by atoms with Gasteiger partial charge < -0.3 is 5.11 Å². The summed E-state index contributed by atoms with van der Waals surface area (Å²) in [5.41, 5.74) is -2.63. The van der Waals surface area contributed by atoms with Gasteiger partial charge in [-0.3, -0.25) is 0 Å². The van der Waals surface area contributed by atoms with Crippen LogP contribution in [0.5, 0.6) is 0 Å². The van der Waals surface area contributed by atoms with Gasteiger partial charge in [-0.25, -0.2) is 0 Å². The molecule has 0 saturated heterocycles. The van der Waals surface area contributed by atoms with Gasteiger partial charge in [-0.05, 0) is 6.92 Å². The van der Waals surface area contributed by atoms with Gasteiger partial charge in [0.2, 0.25) is 0 Å². The lowest BCUT2D eigenvalue weighted by Crippen LogP contribution is -2.41. The highest BCUT2D eigenvalue weighted by molar-refractivity contribution is 4.88. The zero-order valence-electron chi connectivity index (χ0n) is 5.57. The van der Waals surface area contributed by atoms with Gasteiger partial charge in [-0.15, -0.1) is 6.58 Å². The summed E-state index contributed by atoms with van der Waals surface area (Å²) in [6, 6.07) is 0. The van der Waals surface area contributed by atoms with Crippen molar-refractivity contribution >= 4 is 0 Å². The molecule has 1 unspecified atom stereocenters. The van der Waals surface area contributed by atoms with Gasteiger partial charge in [0, 0.05) is 6.42 Å². The van der Waals surface area contributed by atoms with Crippen molar-refractivity contribution in [3.8, 4) is 0 Å². The van der Waals surface area contributed by atoms with Crippen LogP contribution in [0.2, 0.25) is 0 Å². The SMILES string of the molecule is C=CCC(C)(O)C(F)(F)F. The van der Waals surface area contributed by atoms with Crippen molar-refractivity contribution in [3.63, 3.8) is 0 Å². The van der Waals surface area contributed by atoms with Crippen molar-refractivity contribution in [2.24, 2.45) is 0 Å². The molecule has 1 nitrogen and oxygen atoms in total. The van der Waals surface area contributed by atoms with E-state index in [0.717, 1.165) is 6.08 Å². The predicted octanol–water partition coefficient (Wildman–Crippen LogP) is 1.88. The van der Waals surface area contributed by atoms with Crippen LogP contribution in [0.4, 0.5) is 13.2 Å². The molecule has 10 heavy (non-hydrogen) atoms. The van der Waals surface area contributed by atoms with E-state index in [-0.39, 0.29) is 0 Å². The first-order valence-corrected chi connectivity index (χ1v) is 2.71. The van der Waals surface area contributed by atoms with Gasteiger partial charge in [0.05, 0.1) is 0 Å². The summed E-state index contributed by atoms with van der Waals surface area (Å²) in [6.07, 6.45) is -4.01. The summed E-state index contributed by atoms with van der Waals surface area (Å²) in [5, 5.41) is 8.65. The molecule has 1 N–H and O–H groups in total. The summed E-state index contributed by atoms with van der Waals surface area (Å²) in [4.78, 5) is 0. The normalized spacial score (nSPS) is 18.1. The Bertz CT molecular complexity index is 125. The smallest absolute Gasteiger partial charge is 0.380 e. The van der Waals surface area contributed by atoms with E-state index < -0.39 is 18.2 Å². The number of alkyl halides is 3. The van der Waals surface area contributed by atoms with Crippen LogP contribution in [0, 0.1) is 0 Å². The highest BCUT2D eigenvalue weighted by atomic mass is 19.4. The largest absolute Gasteiger partial charge is 0.417 e. The molecule has 0 bridgehead atoms. The van der Waals surface area contributed by atoms with Crippen LogP contribution >= 0.6 is 0 Å². The topological polar surface area (TPSA) is 20.2 Å². The average molecular weight is 154 g/mol. The van der Waals surface area contributed by atoms with Crippen LogP contribution in [0.25, 0.3) is 0 Å². The van der Waals surface area contributed by atoms with E-state index in [1.54, 1.807) is 0 Å². The number of rotatable bonds is 2. The minimum atomic E-state index is -4.57. The number of halogens is 3. The van der Waals surface area contributed by atoms with E-state index in [1.165, 1.54) is 0 Å². The molecule has 0 aliphatic heterocycles. The van der Waals surface area contributed by atoms with Crippen molar-refractivity contribution in [1.82, 2.24) is 0 Å². The molecular formula is C6H9F3O. The fourth-order valence-corrected chi connectivity index (χ4v) is 0.397. The Morgan fingerprint density at radius 2 is 1.90 bits per heavy atom. The predicted molar refractivity (Wildman–Crippen MR) is 31.5 cm³/mol. The third kappa shape index (κ3) is 2.02. The van der Waals surface area contributed by atoms with Crippen LogP contribution in [-0.4, -0.2) is 16.9 Å². The lowest BCUT2D eigenvalue weighted by atomic mass is 10.0. The van der Waals surface area contributed by atoms with Crippen molar-refractivity contribution < 1.29 is 18.3 Å². The Morgan fingerprint density at radius 3 is 2.00 bits per heavy atom. The van der Waals surface area contributed by atoms with E-state index in [2.05, 4.69) is 6.58 Å².